The van der Waals surface area contributed by atoms with Crippen LogP contribution in [0.2, 0.25) is 0 Å². The molecule has 1 amide bonds. The van der Waals surface area contributed by atoms with Gasteiger partial charge < -0.3 is 24.8 Å². The topological polar surface area (TPSA) is 68.8 Å². The maximum Gasteiger partial charge on any atom is 0.234 e. The fraction of sp³-hybridized carbons (Fsp3) is 0.462. The van der Waals surface area contributed by atoms with Crippen LogP contribution in [0.1, 0.15) is 0 Å². The van der Waals surface area contributed by atoms with Crippen molar-refractivity contribution in [3.05, 3.63) is 18.2 Å². The highest BCUT2D eigenvalue weighted by Gasteiger charge is 2.03. The van der Waals surface area contributed by atoms with E-state index >= 15 is 0 Å². The first-order valence-corrected chi connectivity index (χ1v) is 5.96. The van der Waals surface area contributed by atoms with E-state index in [2.05, 4.69) is 10.6 Å². The van der Waals surface area contributed by atoms with E-state index in [4.69, 9.17) is 14.2 Å². The molecule has 7 heteroatoms. The minimum Gasteiger partial charge on any atom is -0.496 e. The molecule has 20 heavy (non-hydrogen) atoms. The highest BCUT2D eigenvalue weighted by Crippen LogP contribution is 2.27. The van der Waals surface area contributed by atoms with Crippen LogP contribution in [0.3, 0.4) is 0 Å². The lowest BCUT2D eigenvalue weighted by molar-refractivity contribution is -0.120. The van der Waals surface area contributed by atoms with Gasteiger partial charge in [0, 0.05) is 18.2 Å². The van der Waals surface area contributed by atoms with Crippen LogP contribution in [-0.4, -0.2) is 46.9 Å². The Morgan fingerprint density at radius 2 is 1.65 bits per heavy atom. The lowest BCUT2D eigenvalue weighted by Gasteiger charge is -2.10. The molecule has 0 aliphatic rings. The van der Waals surface area contributed by atoms with Crippen molar-refractivity contribution in [1.82, 2.24) is 10.6 Å². The van der Waals surface area contributed by atoms with Crippen molar-refractivity contribution in [2.45, 2.75) is 0 Å². The average molecular weight is 305 g/mol. The summed E-state index contributed by atoms with van der Waals surface area (Å²) in [6, 6.07) is 5.29. The van der Waals surface area contributed by atoms with Crippen LogP contribution in [0, 0.1) is 0 Å². The van der Waals surface area contributed by atoms with Crippen molar-refractivity contribution in [2.75, 3.05) is 41.0 Å². The number of hydrogen-bond donors (Lipinski definition) is 2. The number of amides is 1. The van der Waals surface area contributed by atoms with Crippen LogP contribution >= 0.6 is 12.4 Å². The summed E-state index contributed by atoms with van der Waals surface area (Å²) in [5.74, 6) is 1.90. The first kappa shape index (κ1) is 18.3. The highest BCUT2D eigenvalue weighted by atomic mass is 35.5. The summed E-state index contributed by atoms with van der Waals surface area (Å²) in [5.41, 5.74) is 0. The van der Waals surface area contributed by atoms with Gasteiger partial charge in [-0.3, -0.25) is 4.79 Å². The number of carbonyl (C=O) groups excluding carboxylic acids is 1. The molecule has 1 rings (SSSR count). The van der Waals surface area contributed by atoms with Gasteiger partial charge in [0.1, 0.15) is 23.9 Å². The third-order valence-electron chi connectivity index (χ3n) is 2.36. The molecular weight excluding hydrogens is 284 g/mol. The third-order valence-corrected chi connectivity index (χ3v) is 2.36. The van der Waals surface area contributed by atoms with E-state index in [1.165, 1.54) is 0 Å². The molecule has 1 aromatic rings. The molecule has 6 nitrogen and oxygen atoms in total. The minimum atomic E-state index is -0.0608. The normalized spacial score (nSPS) is 9.35. The molecule has 0 atom stereocenters. The molecule has 2 N–H and O–H groups in total. The Bertz CT molecular complexity index is 393. The van der Waals surface area contributed by atoms with Crippen molar-refractivity contribution in [2.24, 2.45) is 0 Å². The molecule has 0 heterocycles. The summed E-state index contributed by atoms with van der Waals surface area (Å²) in [5, 5.41) is 5.49. The Morgan fingerprint density at radius 1 is 1.10 bits per heavy atom. The molecule has 0 unspecified atom stereocenters. The van der Waals surface area contributed by atoms with Crippen molar-refractivity contribution in [1.29, 1.82) is 0 Å². The molecule has 0 bridgehead atoms. The molecule has 0 aliphatic carbocycles. The summed E-state index contributed by atoms with van der Waals surface area (Å²) in [4.78, 5) is 11.2. The van der Waals surface area contributed by atoms with Crippen molar-refractivity contribution >= 4 is 18.3 Å². The third kappa shape index (κ3) is 6.49. The second-order valence-corrected chi connectivity index (χ2v) is 3.78. The van der Waals surface area contributed by atoms with E-state index in [1.54, 1.807) is 39.5 Å². The Kier molecular flexibility index (Phi) is 9.32. The molecule has 0 aliphatic heterocycles. The second-order valence-electron chi connectivity index (χ2n) is 3.78. The first-order valence-electron chi connectivity index (χ1n) is 5.96. The molecular formula is C13H21ClN2O4. The van der Waals surface area contributed by atoms with Crippen LogP contribution in [-0.2, 0) is 4.79 Å². The predicted octanol–water partition coefficient (Wildman–Crippen LogP) is 0.840. The zero-order valence-electron chi connectivity index (χ0n) is 11.9. The first-order chi connectivity index (χ1) is 9.19. The number of carbonyl (C=O) groups is 1. The Morgan fingerprint density at radius 3 is 2.15 bits per heavy atom. The maximum atomic E-state index is 11.2. The lowest BCUT2D eigenvalue weighted by atomic mass is 10.3. The average Bonchev–Trinajstić information content (AvgIpc) is 2.43. The number of nitrogens with one attached hydrogen (secondary N) is 2. The summed E-state index contributed by atoms with van der Waals surface area (Å²) >= 11 is 0. The molecule has 0 fully saturated rings. The van der Waals surface area contributed by atoms with Crippen molar-refractivity contribution in [3.63, 3.8) is 0 Å². The summed E-state index contributed by atoms with van der Waals surface area (Å²) in [6.07, 6.45) is 0. The summed E-state index contributed by atoms with van der Waals surface area (Å²) in [7, 11) is 4.88. The van der Waals surface area contributed by atoms with E-state index in [1.807, 2.05) is 0 Å². The standard InChI is InChI=1S/C13H20N2O4.ClH/c1-14-9-13(16)15-4-5-19-12-7-10(17-2)6-11(8-12)18-3;/h6-8,14H,4-5,9H2,1-3H3,(H,15,16);1H. The van der Waals surface area contributed by atoms with Crippen molar-refractivity contribution in [3.8, 4) is 17.2 Å². The number of rotatable bonds is 8. The van der Waals surface area contributed by atoms with Gasteiger partial charge in [0.2, 0.25) is 5.91 Å². The molecule has 0 saturated heterocycles. The SMILES string of the molecule is CNCC(=O)NCCOc1cc(OC)cc(OC)c1.Cl. The molecule has 0 saturated carbocycles. The quantitative estimate of drug-likeness (QED) is 0.697. The van der Waals surface area contributed by atoms with E-state index in [0.29, 0.717) is 36.9 Å². The van der Waals surface area contributed by atoms with Gasteiger partial charge >= 0.3 is 0 Å². The second kappa shape index (κ2) is 10.2. The van der Waals surface area contributed by atoms with E-state index in [0.717, 1.165) is 0 Å². The van der Waals surface area contributed by atoms with Crippen LogP contribution in [0.15, 0.2) is 18.2 Å². The van der Waals surface area contributed by atoms with Gasteiger partial charge in [0.25, 0.3) is 0 Å². The van der Waals surface area contributed by atoms with Gasteiger partial charge in [0.15, 0.2) is 0 Å². The van der Waals surface area contributed by atoms with Gasteiger partial charge in [-0.15, -0.1) is 12.4 Å². The summed E-state index contributed by atoms with van der Waals surface area (Å²) in [6.45, 7) is 1.12. The van der Waals surface area contributed by atoms with Gasteiger partial charge in [-0.1, -0.05) is 0 Å². The van der Waals surface area contributed by atoms with Crippen LogP contribution in [0.4, 0.5) is 0 Å². The van der Waals surface area contributed by atoms with Gasteiger partial charge in [-0.25, -0.2) is 0 Å². The van der Waals surface area contributed by atoms with Crippen molar-refractivity contribution < 1.29 is 19.0 Å². The lowest BCUT2D eigenvalue weighted by Crippen LogP contribution is -2.34. The summed E-state index contributed by atoms with van der Waals surface area (Å²) < 4.78 is 15.8. The highest BCUT2D eigenvalue weighted by molar-refractivity contribution is 5.85. The number of ether oxygens (including phenoxy) is 3. The van der Waals surface area contributed by atoms with Crippen LogP contribution in [0.25, 0.3) is 0 Å². The molecule has 0 radical (unpaired) electrons. The molecule has 114 valence electrons. The predicted molar refractivity (Wildman–Crippen MR) is 79.2 cm³/mol. The fourth-order valence-corrected chi connectivity index (χ4v) is 1.45. The van der Waals surface area contributed by atoms with Gasteiger partial charge in [-0.05, 0) is 7.05 Å². The monoisotopic (exact) mass is 304 g/mol. The van der Waals surface area contributed by atoms with Crippen LogP contribution < -0.4 is 24.8 Å². The van der Waals surface area contributed by atoms with Gasteiger partial charge in [-0.2, -0.15) is 0 Å². The van der Waals surface area contributed by atoms with Gasteiger partial charge in [0.05, 0.1) is 27.3 Å². The number of halogens is 1. The van der Waals surface area contributed by atoms with E-state index in [-0.39, 0.29) is 18.3 Å². The Balaban J connectivity index is 0.00000361. The number of hydrogen-bond acceptors (Lipinski definition) is 5. The Labute approximate surface area is 125 Å². The number of benzene rings is 1. The maximum absolute atomic E-state index is 11.2. The number of likely N-dealkylation sites (N-methyl/N-ethyl adjacent to an activating group) is 1. The number of methoxy groups -OCH3 is 2. The molecule has 0 spiro atoms. The largest absolute Gasteiger partial charge is 0.496 e. The fourth-order valence-electron chi connectivity index (χ4n) is 1.45. The minimum absolute atomic E-state index is 0. The molecule has 0 aromatic heterocycles. The zero-order chi connectivity index (χ0) is 14.1. The smallest absolute Gasteiger partial charge is 0.234 e. The zero-order valence-corrected chi connectivity index (χ0v) is 12.7. The van der Waals surface area contributed by atoms with Crippen LogP contribution in [0.5, 0.6) is 17.2 Å². The molecule has 1 aromatic carbocycles. The van der Waals surface area contributed by atoms with E-state index in [9.17, 15) is 4.79 Å². The Hall–Kier alpha value is -1.66. The van der Waals surface area contributed by atoms with E-state index < -0.39 is 0 Å².